The maximum absolute atomic E-state index is 2.12. The van der Waals surface area contributed by atoms with Gasteiger partial charge in [0.05, 0.1) is 0 Å². The van der Waals surface area contributed by atoms with Gasteiger partial charge in [-0.2, -0.15) is 0 Å². The van der Waals surface area contributed by atoms with Crippen LogP contribution in [0.1, 0.15) is 248 Å². The molecule has 0 unspecified atom stereocenters. The van der Waals surface area contributed by atoms with E-state index in [2.05, 4.69) is 13.8 Å². The van der Waals surface area contributed by atoms with Gasteiger partial charge in [0.25, 0.3) is 0 Å². The molecule has 0 aromatic heterocycles. The Labute approximate surface area is 279 Å². The topological polar surface area (TPSA) is 0 Å². The van der Waals surface area contributed by atoms with Gasteiger partial charge in [0.2, 0.25) is 0 Å². The van der Waals surface area contributed by atoms with Crippen molar-refractivity contribution < 1.29 is 17.1 Å². The Kier molecular flexibility index (Phi) is 88.9. The predicted molar refractivity (Wildman–Crippen MR) is 197 cm³/mol. The fourth-order valence-electron chi connectivity index (χ4n) is 5.30. The second-order valence-electron chi connectivity index (χ2n) is 11.3. The third-order valence-corrected chi connectivity index (χ3v) is 7.50. The van der Waals surface area contributed by atoms with E-state index < -0.39 is 0 Å². The van der Waals surface area contributed by atoms with Crippen LogP contribution in [0.5, 0.6) is 0 Å². The predicted octanol–water partition coefficient (Wildman–Crippen LogP) is 16.7. The largest absolute Gasteiger partial charge is 2.00 e. The molecule has 0 aromatic rings. The van der Waals surface area contributed by atoms with Crippen molar-refractivity contribution in [3.63, 3.8) is 0 Å². The quantitative estimate of drug-likeness (QED) is 0.185. The smallest absolute Gasteiger partial charge is 0.358 e. The summed E-state index contributed by atoms with van der Waals surface area (Å²) < 4.78 is 0. The SMILES string of the molecule is C.C1CCCC1.C1CCCC1.C1CCCC1.C1CCCC1.C1CCCC1.C1CCCC1.CC.CC.CCC.[CH3-].[CH3-].[Fe+2]. The summed E-state index contributed by atoms with van der Waals surface area (Å²) in [6, 6.07) is 0. The van der Waals surface area contributed by atoms with E-state index in [0.717, 1.165) is 0 Å². The molecule has 0 nitrogen and oxygen atoms in total. The van der Waals surface area contributed by atoms with Crippen LogP contribution in [-0.4, -0.2) is 0 Å². The van der Waals surface area contributed by atoms with E-state index in [1.165, 1.54) is 199 Å². The normalized spacial score (nSPS) is 18.3. The van der Waals surface area contributed by atoms with Crippen LogP contribution in [0.2, 0.25) is 0 Å². The van der Waals surface area contributed by atoms with Gasteiger partial charge in [-0.05, 0) is 0 Å². The summed E-state index contributed by atoms with van der Waals surface area (Å²) in [4.78, 5) is 0. The van der Waals surface area contributed by atoms with Gasteiger partial charge >= 0.3 is 17.1 Å². The second-order valence-corrected chi connectivity index (χ2v) is 11.3. The Balaban J connectivity index is -0.0000000637. The van der Waals surface area contributed by atoms with E-state index in [1.54, 1.807) is 0 Å². The molecule has 258 valence electrons. The van der Waals surface area contributed by atoms with E-state index >= 15 is 0 Å². The molecule has 0 bridgehead atoms. The summed E-state index contributed by atoms with van der Waals surface area (Å²) >= 11 is 0. The first-order chi connectivity index (χ1) is 18.4. The van der Waals surface area contributed by atoms with Gasteiger partial charge in [-0.3, -0.25) is 0 Å². The third kappa shape index (κ3) is 64.5. The molecule has 0 heterocycles. The average molecular weight is 627 g/mol. The number of hydrogen-bond donors (Lipinski definition) is 0. The maximum atomic E-state index is 2.12. The van der Waals surface area contributed by atoms with Crippen molar-refractivity contribution in [1.29, 1.82) is 0 Å². The maximum Gasteiger partial charge on any atom is 2.00 e. The fourth-order valence-corrected chi connectivity index (χ4v) is 5.30. The summed E-state index contributed by atoms with van der Waals surface area (Å²) in [7, 11) is 0. The van der Waals surface area contributed by atoms with Crippen molar-refractivity contribution in [2.45, 2.75) is 248 Å². The number of rotatable bonds is 0. The van der Waals surface area contributed by atoms with Crippen LogP contribution in [-0.2, 0) is 17.1 Å². The van der Waals surface area contributed by atoms with Gasteiger partial charge in [0.15, 0.2) is 0 Å². The van der Waals surface area contributed by atoms with E-state index in [-0.39, 0.29) is 39.3 Å². The van der Waals surface area contributed by atoms with Gasteiger partial charge in [-0.15, -0.1) is 0 Å². The average Bonchev–Trinajstić information content (AvgIpc) is 3.83. The summed E-state index contributed by atoms with van der Waals surface area (Å²) in [5.74, 6) is 0. The van der Waals surface area contributed by atoms with Crippen LogP contribution in [0.25, 0.3) is 0 Å². The van der Waals surface area contributed by atoms with Gasteiger partial charge < -0.3 is 14.9 Å². The molecule has 0 atom stereocenters. The molecule has 6 saturated carbocycles. The molecule has 0 radical (unpaired) electrons. The molecule has 0 saturated heterocycles. The third-order valence-electron chi connectivity index (χ3n) is 7.50. The first kappa shape index (κ1) is 57.2. The molecule has 6 fully saturated rings. The van der Waals surface area contributed by atoms with Crippen LogP contribution in [0, 0.1) is 14.9 Å². The van der Waals surface area contributed by atoms with Crippen LogP contribution in [0.4, 0.5) is 0 Å². The molecular formula is C40H90Fe. The minimum Gasteiger partial charge on any atom is -0.358 e. The van der Waals surface area contributed by atoms with Crippen molar-refractivity contribution in [1.82, 2.24) is 0 Å². The molecule has 0 spiro atoms. The summed E-state index contributed by atoms with van der Waals surface area (Å²) in [5, 5.41) is 0. The molecule has 0 N–H and O–H groups in total. The van der Waals surface area contributed by atoms with Crippen molar-refractivity contribution in [3.8, 4) is 0 Å². The zero-order valence-corrected chi connectivity index (χ0v) is 31.4. The summed E-state index contributed by atoms with van der Waals surface area (Å²) in [6.07, 6.45) is 46.2. The van der Waals surface area contributed by atoms with E-state index in [9.17, 15) is 0 Å². The molecule has 0 amide bonds. The first-order valence-electron chi connectivity index (χ1n) is 18.4. The van der Waals surface area contributed by atoms with Gasteiger partial charge in [-0.1, -0.05) is 248 Å². The summed E-state index contributed by atoms with van der Waals surface area (Å²) in [5.41, 5.74) is 0. The van der Waals surface area contributed by atoms with E-state index in [1.807, 2.05) is 27.7 Å². The van der Waals surface area contributed by atoms with E-state index in [0.29, 0.717) is 0 Å². The van der Waals surface area contributed by atoms with Gasteiger partial charge in [0.1, 0.15) is 0 Å². The fraction of sp³-hybridized carbons (Fsp3) is 0.950. The minimum absolute atomic E-state index is 0. The monoisotopic (exact) mass is 627 g/mol. The van der Waals surface area contributed by atoms with Gasteiger partial charge in [0, 0.05) is 0 Å². The first-order valence-corrected chi connectivity index (χ1v) is 18.4. The molecule has 41 heavy (non-hydrogen) atoms. The van der Waals surface area contributed by atoms with Crippen LogP contribution >= 0.6 is 0 Å². The molecular weight excluding hydrogens is 536 g/mol. The zero-order chi connectivity index (χ0) is 27.9. The Morgan fingerprint density at radius 2 is 0.268 bits per heavy atom. The molecule has 6 rings (SSSR count). The Morgan fingerprint density at radius 3 is 0.293 bits per heavy atom. The molecule has 0 aliphatic heterocycles. The summed E-state index contributed by atoms with van der Waals surface area (Å²) in [6.45, 7) is 12.2. The second kappa shape index (κ2) is 63.7. The minimum atomic E-state index is 0. The van der Waals surface area contributed by atoms with Crippen molar-refractivity contribution in [2.75, 3.05) is 0 Å². The van der Waals surface area contributed by atoms with Crippen LogP contribution in [0.15, 0.2) is 0 Å². The Bertz CT molecular complexity index is 167. The molecule has 6 aliphatic carbocycles. The van der Waals surface area contributed by atoms with Crippen LogP contribution < -0.4 is 0 Å². The standard InChI is InChI=1S/6C5H10.C3H8.2C2H6.CH4.2CH3.Fe/c6*1-2-4-5-3-1;1-3-2;2*1-2;;;;/h6*1-5H2;3H2,1-2H3;2*1-2H3;1H4;2*1H3;/q;;;;;;;;;;2*-1;+2. The Hall–Kier alpha value is 0.519. The van der Waals surface area contributed by atoms with Crippen molar-refractivity contribution in [2.24, 2.45) is 0 Å². The Morgan fingerprint density at radius 1 is 0.244 bits per heavy atom. The van der Waals surface area contributed by atoms with Crippen LogP contribution in [0.3, 0.4) is 0 Å². The van der Waals surface area contributed by atoms with Gasteiger partial charge in [-0.25, -0.2) is 0 Å². The molecule has 1 heteroatoms. The number of hydrogen-bond acceptors (Lipinski definition) is 0. The molecule has 6 aliphatic rings. The van der Waals surface area contributed by atoms with Crippen molar-refractivity contribution in [3.05, 3.63) is 14.9 Å². The van der Waals surface area contributed by atoms with Crippen molar-refractivity contribution >= 4 is 0 Å². The van der Waals surface area contributed by atoms with E-state index in [4.69, 9.17) is 0 Å². The zero-order valence-electron chi connectivity index (χ0n) is 30.3. The molecule has 0 aromatic carbocycles.